The van der Waals surface area contributed by atoms with Crippen LogP contribution in [0.4, 0.5) is 0 Å². The Bertz CT molecular complexity index is 915. The molecule has 4 heteroatoms. The largest absolute Gasteiger partial charge is 0.305 e. The standard InChI is InChI=1S/C22H21O2PS/c1-16-13-18(15-26)14-17(2)21(16)22(23)25(24,19-9-5-3-6-10-19)20-11-7-4-8-12-20/h3-14,26H,15H2,1-2H3. The van der Waals surface area contributed by atoms with Gasteiger partial charge in [-0.05, 0) is 30.5 Å². The van der Waals surface area contributed by atoms with Gasteiger partial charge in [0.25, 0.3) is 0 Å². The molecule has 132 valence electrons. The number of aryl methyl sites for hydroxylation is 2. The van der Waals surface area contributed by atoms with Gasteiger partial charge in [0.15, 0.2) is 0 Å². The van der Waals surface area contributed by atoms with Gasteiger partial charge in [-0.15, -0.1) is 0 Å². The summed E-state index contributed by atoms with van der Waals surface area (Å²) in [5.74, 6) is 0.602. The molecule has 2 nitrogen and oxygen atoms in total. The van der Waals surface area contributed by atoms with E-state index in [9.17, 15) is 9.36 Å². The molecule has 0 unspecified atom stereocenters. The molecule has 3 aromatic rings. The first-order valence-electron chi connectivity index (χ1n) is 8.45. The molecule has 0 heterocycles. The molecule has 0 aromatic heterocycles. The maximum Gasteiger partial charge on any atom is 0.230 e. The number of carbonyl (C=O) groups is 1. The lowest BCUT2D eigenvalue weighted by Crippen LogP contribution is -2.23. The quantitative estimate of drug-likeness (QED) is 0.505. The van der Waals surface area contributed by atoms with Gasteiger partial charge in [-0.3, -0.25) is 4.79 Å². The fourth-order valence-corrected chi connectivity index (χ4v) is 6.10. The van der Waals surface area contributed by atoms with E-state index in [-0.39, 0.29) is 5.52 Å². The summed E-state index contributed by atoms with van der Waals surface area (Å²) in [5, 5.41) is 1.13. The van der Waals surface area contributed by atoms with E-state index in [4.69, 9.17) is 0 Å². The molecule has 3 rings (SSSR count). The SMILES string of the molecule is Cc1cc(CS)cc(C)c1C(=O)P(=O)(c1ccccc1)c1ccccc1. The molecular formula is C22H21O2PS. The zero-order valence-electron chi connectivity index (χ0n) is 14.8. The Morgan fingerprint density at radius 2 is 1.27 bits per heavy atom. The van der Waals surface area contributed by atoms with Crippen LogP contribution < -0.4 is 10.6 Å². The van der Waals surface area contributed by atoms with Crippen LogP contribution in [0.3, 0.4) is 0 Å². The molecule has 0 aliphatic heterocycles. The third-order valence-corrected chi connectivity index (χ3v) is 7.73. The fraction of sp³-hybridized carbons (Fsp3) is 0.136. The lowest BCUT2D eigenvalue weighted by molar-refractivity contribution is 0.107. The second-order valence-corrected chi connectivity index (χ2v) is 9.32. The minimum Gasteiger partial charge on any atom is -0.305 e. The number of rotatable bonds is 5. The summed E-state index contributed by atoms with van der Waals surface area (Å²) in [6.07, 6.45) is 0. The van der Waals surface area contributed by atoms with Crippen molar-refractivity contribution >= 4 is 35.9 Å². The maximum absolute atomic E-state index is 14.2. The fourth-order valence-electron chi connectivity index (χ4n) is 3.30. The molecule has 0 saturated heterocycles. The highest BCUT2D eigenvalue weighted by Crippen LogP contribution is 2.47. The molecule has 26 heavy (non-hydrogen) atoms. The zero-order valence-corrected chi connectivity index (χ0v) is 16.6. The van der Waals surface area contributed by atoms with Crippen molar-refractivity contribution in [3.8, 4) is 0 Å². The first-order chi connectivity index (χ1) is 12.5. The van der Waals surface area contributed by atoms with E-state index in [0.717, 1.165) is 16.7 Å². The van der Waals surface area contributed by atoms with Crippen molar-refractivity contribution < 1.29 is 9.36 Å². The third kappa shape index (κ3) is 3.30. The Kier molecular flexibility index (Phi) is 5.50. The molecule has 0 radical (unpaired) electrons. The zero-order chi connectivity index (χ0) is 18.7. The van der Waals surface area contributed by atoms with Gasteiger partial charge >= 0.3 is 0 Å². The highest BCUT2D eigenvalue weighted by atomic mass is 32.1. The molecule has 0 fully saturated rings. The lowest BCUT2D eigenvalue weighted by atomic mass is 10.0. The average molecular weight is 380 g/mol. The highest BCUT2D eigenvalue weighted by Gasteiger charge is 2.37. The van der Waals surface area contributed by atoms with Crippen molar-refractivity contribution in [1.82, 2.24) is 0 Å². The van der Waals surface area contributed by atoms with E-state index >= 15 is 0 Å². The van der Waals surface area contributed by atoms with E-state index in [0.29, 0.717) is 21.9 Å². The summed E-state index contributed by atoms with van der Waals surface area (Å²) in [7, 11) is -3.47. The van der Waals surface area contributed by atoms with Gasteiger partial charge < -0.3 is 4.57 Å². The van der Waals surface area contributed by atoms with Crippen LogP contribution in [0.5, 0.6) is 0 Å². The first kappa shape index (κ1) is 18.7. The maximum atomic E-state index is 14.2. The van der Waals surface area contributed by atoms with Crippen molar-refractivity contribution in [3.63, 3.8) is 0 Å². The van der Waals surface area contributed by atoms with E-state index in [1.165, 1.54) is 0 Å². The van der Waals surface area contributed by atoms with Crippen LogP contribution in [0.15, 0.2) is 72.8 Å². The van der Waals surface area contributed by atoms with Crippen LogP contribution in [0.1, 0.15) is 27.0 Å². The molecule has 0 aliphatic carbocycles. The van der Waals surface area contributed by atoms with Crippen LogP contribution in [-0.4, -0.2) is 5.52 Å². The molecule has 0 saturated carbocycles. The molecular weight excluding hydrogens is 359 g/mol. The molecule has 0 N–H and O–H groups in total. The number of thiol groups is 1. The number of hydrogen-bond acceptors (Lipinski definition) is 3. The van der Waals surface area contributed by atoms with Crippen molar-refractivity contribution in [2.24, 2.45) is 0 Å². The summed E-state index contributed by atoms with van der Waals surface area (Å²) in [6, 6.07) is 22.0. The Labute approximate surface area is 160 Å². The van der Waals surface area contributed by atoms with Gasteiger partial charge in [0.1, 0.15) is 0 Å². The number of benzene rings is 3. The van der Waals surface area contributed by atoms with E-state index in [1.54, 1.807) is 24.3 Å². The van der Waals surface area contributed by atoms with Crippen molar-refractivity contribution in [1.29, 1.82) is 0 Å². The van der Waals surface area contributed by atoms with E-state index in [1.807, 2.05) is 62.4 Å². The van der Waals surface area contributed by atoms with Crippen LogP contribution in [0.25, 0.3) is 0 Å². The predicted octanol–water partition coefficient (Wildman–Crippen LogP) is 4.89. The lowest BCUT2D eigenvalue weighted by Gasteiger charge is -2.20. The van der Waals surface area contributed by atoms with Gasteiger partial charge in [0.2, 0.25) is 12.7 Å². The van der Waals surface area contributed by atoms with Crippen molar-refractivity contribution in [3.05, 3.63) is 95.1 Å². The molecule has 0 aliphatic rings. The summed E-state index contributed by atoms with van der Waals surface area (Å²) in [4.78, 5) is 13.6. The van der Waals surface area contributed by atoms with Crippen molar-refractivity contribution in [2.75, 3.05) is 0 Å². The Hall–Kier alpha value is -2.09. The normalized spacial score (nSPS) is 11.3. The second-order valence-electron chi connectivity index (χ2n) is 6.35. The van der Waals surface area contributed by atoms with Crippen LogP contribution in [0.2, 0.25) is 0 Å². The number of carbonyl (C=O) groups excluding carboxylic acids is 1. The van der Waals surface area contributed by atoms with Crippen LogP contribution >= 0.6 is 19.8 Å². The third-order valence-electron chi connectivity index (χ3n) is 4.51. The molecule has 0 spiro atoms. The summed E-state index contributed by atoms with van der Waals surface area (Å²) in [5.41, 5.74) is 2.97. The predicted molar refractivity (Wildman–Crippen MR) is 113 cm³/mol. The first-order valence-corrected chi connectivity index (χ1v) is 10.8. The molecule has 0 bridgehead atoms. The van der Waals surface area contributed by atoms with Crippen LogP contribution in [0, 0.1) is 13.8 Å². The highest BCUT2D eigenvalue weighted by molar-refractivity contribution is 7.93. The smallest absolute Gasteiger partial charge is 0.230 e. The minimum absolute atomic E-state index is 0.310. The average Bonchev–Trinajstić information content (AvgIpc) is 2.68. The Morgan fingerprint density at radius 3 is 1.65 bits per heavy atom. The van der Waals surface area contributed by atoms with Gasteiger partial charge in [0, 0.05) is 21.9 Å². The van der Waals surface area contributed by atoms with E-state index < -0.39 is 7.14 Å². The second kappa shape index (κ2) is 7.65. The summed E-state index contributed by atoms with van der Waals surface area (Å²) in [6.45, 7) is 3.79. The van der Waals surface area contributed by atoms with Crippen molar-refractivity contribution in [2.45, 2.75) is 19.6 Å². The van der Waals surface area contributed by atoms with Gasteiger partial charge in [-0.25, -0.2) is 0 Å². The minimum atomic E-state index is -3.47. The topological polar surface area (TPSA) is 34.1 Å². The van der Waals surface area contributed by atoms with Gasteiger partial charge in [-0.1, -0.05) is 72.8 Å². The van der Waals surface area contributed by atoms with Crippen LogP contribution in [-0.2, 0) is 10.3 Å². The summed E-state index contributed by atoms with van der Waals surface area (Å²) < 4.78 is 14.2. The van der Waals surface area contributed by atoms with E-state index in [2.05, 4.69) is 12.6 Å². The Balaban J connectivity index is 2.25. The molecule has 3 aromatic carbocycles. The summed E-state index contributed by atoms with van der Waals surface area (Å²) >= 11 is 4.32. The number of hydrogen-bond donors (Lipinski definition) is 1. The monoisotopic (exact) mass is 380 g/mol. The molecule has 0 amide bonds. The van der Waals surface area contributed by atoms with Gasteiger partial charge in [-0.2, -0.15) is 12.6 Å². The Morgan fingerprint density at radius 1 is 0.846 bits per heavy atom. The molecule has 0 atom stereocenters. The van der Waals surface area contributed by atoms with Gasteiger partial charge in [0.05, 0.1) is 0 Å².